The molecule has 0 radical (unpaired) electrons. The number of aryl methyl sites for hydroxylation is 2. The normalized spacial score (nSPS) is 18.0. The molecule has 2 nitrogen and oxygen atoms in total. The number of unbranched alkanes of at least 4 members (excludes halogenated alkanes) is 9. The van der Waals surface area contributed by atoms with Gasteiger partial charge in [0.15, 0.2) is 5.82 Å². The van der Waals surface area contributed by atoms with E-state index in [1.54, 1.807) is 0 Å². The zero-order chi connectivity index (χ0) is 26.0. The highest BCUT2D eigenvalue weighted by molar-refractivity contribution is 5.55. The van der Waals surface area contributed by atoms with Gasteiger partial charge in [-0.1, -0.05) is 121 Å². The standard InChI is InChI=1S/C35H54N2/c1-3-5-7-8-9-10-11-13-19-33-28-36-35(37-29-33)34-26-24-32(25-27-34)18-15-14-17-31-22-20-30(21-23-31)16-12-6-4-2/h14,17,24-31H,3-13,15-16,18-23H2,1-2H3/b17-14+/t30-,31-. The smallest absolute Gasteiger partial charge is 0.159 e. The van der Waals surface area contributed by atoms with Crippen molar-refractivity contribution in [3.63, 3.8) is 0 Å². The van der Waals surface area contributed by atoms with E-state index < -0.39 is 0 Å². The average Bonchev–Trinajstić information content (AvgIpc) is 2.94. The molecule has 2 heteroatoms. The summed E-state index contributed by atoms with van der Waals surface area (Å²) in [5.41, 5.74) is 3.79. The Morgan fingerprint density at radius 1 is 0.676 bits per heavy atom. The Hall–Kier alpha value is -1.96. The summed E-state index contributed by atoms with van der Waals surface area (Å²) in [6, 6.07) is 8.88. The summed E-state index contributed by atoms with van der Waals surface area (Å²) in [6.07, 6.45) is 34.6. The van der Waals surface area contributed by atoms with Crippen molar-refractivity contribution in [1.29, 1.82) is 0 Å². The first kappa shape index (κ1) is 29.6. The minimum absolute atomic E-state index is 0.820. The molecule has 37 heavy (non-hydrogen) atoms. The molecule has 1 heterocycles. The van der Waals surface area contributed by atoms with Crippen LogP contribution >= 0.6 is 0 Å². The van der Waals surface area contributed by atoms with Gasteiger partial charge in [0, 0.05) is 18.0 Å². The molecular weight excluding hydrogens is 448 g/mol. The Balaban J connectivity index is 1.30. The molecule has 1 aliphatic rings. The van der Waals surface area contributed by atoms with Crippen LogP contribution in [-0.2, 0) is 12.8 Å². The molecule has 0 saturated heterocycles. The highest BCUT2D eigenvalue weighted by Gasteiger charge is 2.18. The maximum atomic E-state index is 4.66. The molecule has 3 rings (SSSR count). The van der Waals surface area contributed by atoms with Crippen molar-refractivity contribution < 1.29 is 0 Å². The summed E-state index contributed by atoms with van der Waals surface area (Å²) in [7, 11) is 0. The predicted octanol–water partition coefficient (Wildman–Crippen LogP) is 10.7. The topological polar surface area (TPSA) is 25.8 Å². The molecule has 0 aliphatic heterocycles. The van der Waals surface area contributed by atoms with Crippen LogP contribution in [0.1, 0.15) is 134 Å². The lowest BCUT2D eigenvalue weighted by Crippen LogP contribution is -2.13. The first-order chi connectivity index (χ1) is 18.3. The van der Waals surface area contributed by atoms with E-state index in [2.05, 4.69) is 60.2 Å². The van der Waals surface area contributed by atoms with E-state index in [0.717, 1.165) is 42.5 Å². The second-order valence-electron chi connectivity index (χ2n) is 11.6. The molecule has 0 spiro atoms. The third kappa shape index (κ3) is 12.0. The van der Waals surface area contributed by atoms with Crippen LogP contribution in [0.4, 0.5) is 0 Å². The lowest BCUT2D eigenvalue weighted by atomic mass is 9.79. The van der Waals surface area contributed by atoms with Crippen LogP contribution in [0, 0.1) is 11.8 Å². The molecule has 1 aromatic heterocycles. The summed E-state index contributed by atoms with van der Waals surface area (Å²) in [4.78, 5) is 9.32. The monoisotopic (exact) mass is 502 g/mol. The molecule has 1 fully saturated rings. The van der Waals surface area contributed by atoms with Gasteiger partial charge < -0.3 is 0 Å². The zero-order valence-electron chi connectivity index (χ0n) is 24.1. The van der Waals surface area contributed by atoms with Gasteiger partial charge in [-0.25, -0.2) is 9.97 Å². The minimum atomic E-state index is 0.820. The largest absolute Gasteiger partial charge is 0.236 e. The first-order valence-corrected chi connectivity index (χ1v) is 15.8. The predicted molar refractivity (Wildman–Crippen MR) is 161 cm³/mol. The molecule has 0 bridgehead atoms. The number of hydrogen-bond donors (Lipinski definition) is 0. The fraction of sp³-hybridized carbons (Fsp3) is 0.657. The molecule has 0 atom stereocenters. The number of aromatic nitrogens is 2. The third-order valence-corrected chi connectivity index (χ3v) is 8.35. The van der Waals surface area contributed by atoms with Gasteiger partial charge in [0.25, 0.3) is 0 Å². The Bertz CT molecular complexity index is 844. The Labute approximate surface area is 228 Å². The van der Waals surface area contributed by atoms with Crippen molar-refractivity contribution in [2.24, 2.45) is 11.8 Å². The second kappa shape index (κ2) is 18.3. The highest BCUT2D eigenvalue weighted by Crippen LogP contribution is 2.32. The van der Waals surface area contributed by atoms with Crippen LogP contribution < -0.4 is 0 Å². The van der Waals surface area contributed by atoms with Gasteiger partial charge in [0.2, 0.25) is 0 Å². The highest BCUT2D eigenvalue weighted by atomic mass is 14.9. The van der Waals surface area contributed by atoms with Crippen molar-refractivity contribution in [3.8, 4) is 11.4 Å². The second-order valence-corrected chi connectivity index (χ2v) is 11.6. The number of nitrogens with zero attached hydrogens (tertiary/aromatic N) is 2. The van der Waals surface area contributed by atoms with E-state index in [4.69, 9.17) is 0 Å². The van der Waals surface area contributed by atoms with E-state index in [1.165, 1.54) is 114 Å². The number of rotatable bonds is 18. The molecule has 1 saturated carbocycles. The summed E-state index contributed by atoms with van der Waals surface area (Å²) >= 11 is 0. The third-order valence-electron chi connectivity index (χ3n) is 8.35. The maximum absolute atomic E-state index is 4.66. The minimum Gasteiger partial charge on any atom is -0.236 e. The molecule has 0 amide bonds. The first-order valence-electron chi connectivity index (χ1n) is 15.8. The number of allylic oxidation sites excluding steroid dienone is 2. The average molecular weight is 503 g/mol. The van der Waals surface area contributed by atoms with Crippen LogP contribution in [0.5, 0.6) is 0 Å². The van der Waals surface area contributed by atoms with Crippen molar-refractivity contribution in [1.82, 2.24) is 9.97 Å². The van der Waals surface area contributed by atoms with Gasteiger partial charge in [-0.05, 0) is 74.3 Å². The van der Waals surface area contributed by atoms with E-state index in [1.807, 2.05) is 12.4 Å². The Morgan fingerprint density at radius 2 is 1.30 bits per heavy atom. The lowest BCUT2D eigenvalue weighted by Gasteiger charge is -2.26. The van der Waals surface area contributed by atoms with Gasteiger partial charge in [-0.15, -0.1) is 0 Å². The summed E-state index contributed by atoms with van der Waals surface area (Å²) in [5.74, 6) is 2.67. The SMILES string of the molecule is CCCCCCCCCCc1cnc(-c2ccc(CC/C=C/[C@H]3CC[C@H](CCCCC)CC3)cc2)nc1. The lowest BCUT2D eigenvalue weighted by molar-refractivity contribution is 0.289. The van der Waals surface area contributed by atoms with Crippen LogP contribution in [-0.4, -0.2) is 9.97 Å². The molecule has 0 unspecified atom stereocenters. The van der Waals surface area contributed by atoms with Gasteiger partial charge in [0.1, 0.15) is 0 Å². The molecule has 0 N–H and O–H groups in total. The van der Waals surface area contributed by atoms with Crippen molar-refractivity contribution in [2.75, 3.05) is 0 Å². The van der Waals surface area contributed by atoms with Crippen molar-refractivity contribution in [3.05, 3.63) is 59.9 Å². The summed E-state index contributed by atoms with van der Waals surface area (Å²) in [6.45, 7) is 4.59. The van der Waals surface area contributed by atoms with E-state index in [9.17, 15) is 0 Å². The van der Waals surface area contributed by atoms with Gasteiger partial charge >= 0.3 is 0 Å². The fourth-order valence-corrected chi connectivity index (χ4v) is 5.81. The maximum Gasteiger partial charge on any atom is 0.159 e. The number of benzene rings is 1. The molecule has 1 aromatic carbocycles. The fourth-order valence-electron chi connectivity index (χ4n) is 5.81. The Kier molecular flexibility index (Phi) is 14.7. The van der Waals surface area contributed by atoms with E-state index in [0.29, 0.717) is 0 Å². The summed E-state index contributed by atoms with van der Waals surface area (Å²) < 4.78 is 0. The van der Waals surface area contributed by atoms with E-state index in [-0.39, 0.29) is 0 Å². The summed E-state index contributed by atoms with van der Waals surface area (Å²) in [5, 5.41) is 0. The van der Waals surface area contributed by atoms with Gasteiger partial charge in [-0.3, -0.25) is 0 Å². The van der Waals surface area contributed by atoms with Crippen LogP contribution in [0.15, 0.2) is 48.8 Å². The zero-order valence-corrected chi connectivity index (χ0v) is 24.1. The van der Waals surface area contributed by atoms with Gasteiger partial charge in [-0.2, -0.15) is 0 Å². The van der Waals surface area contributed by atoms with Crippen LogP contribution in [0.2, 0.25) is 0 Å². The van der Waals surface area contributed by atoms with Crippen molar-refractivity contribution >= 4 is 0 Å². The van der Waals surface area contributed by atoms with Crippen molar-refractivity contribution in [2.45, 2.75) is 136 Å². The Morgan fingerprint density at radius 3 is 1.97 bits per heavy atom. The molecular formula is C35H54N2. The van der Waals surface area contributed by atoms with Gasteiger partial charge in [0.05, 0.1) is 0 Å². The molecule has 204 valence electrons. The van der Waals surface area contributed by atoms with Crippen LogP contribution in [0.3, 0.4) is 0 Å². The van der Waals surface area contributed by atoms with Crippen LogP contribution in [0.25, 0.3) is 11.4 Å². The van der Waals surface area contributed by atoms with E-state index >= 15 is 0 Å². The molecule has 2 aromatic rings. The molecule has 1 aliphatic carbocycles. The quantitative estimate of drug-likeness (QED) is 0.150. The number of hydrogen-bond acceptors (Lipinski definition) is 2.